The van der Waals surface area contributed by atoms with Gasteiger partial charge in [0, 0.05) is 19.5 Å². The first-order valence-corrected chi connectivity index (χ1v) is 18.4. The fourth-order valence-corrected chi connectivity index (χ4v) is 5.20. The second-order valence-electron chi connectivity index (χ2n) is 12.2. The van der Waals surface area contributed by atoms with E-state index in [1.54, 1.807) is 7.05 Å². The molecule has 0 atom stereocenters. The Morgan fingerprint density at radius 2 is 0.846 bits per heavy atom. The van der Waals surface area contributed by atoms with E-state index in [2.05, 4.69) is 24.3 Å². The lowest BCUT2D eigenvalue weighted by molar-refractivity contribution is -0.0279. The number of fused-ring (bicyclic) bond motifs is 3. The third-order valence-corrected chi connectivity index (χ3v) is 7.87. The number of hydrogen-bond acceptors (Lipinski definition) is 12. The third kappa shape index (κ3) is 18.9. The number of likely N-dealkylation sites (N-methyl/N-ethyl adjacent to an activating group) is 1. The minimum atomic E-state index is -0.363. The van der Waals surface area contributed by atoms with Crippen molar-refractivity contribution in [2.24, 2.45) is 0 Å². The van der Waals surface area contributed by atoms with E-state index in [0.29, 0.717) is 139 Å². The number of carbonyl (C=O) groups excluding carboxylic acids is 1. The van der Waals surface area contributed by atoms with Gasteiger partial charge in [-0.15, -0.1) is 0 Å². The minimum absolute atomic E-state index is 0.0402. The van der Waals surface area contributed by atoms with Crippen LogP contribution >= 0.6 is 0 Å². The van der Waals surface area contributed by atoms with Crippen LogP contribution in [0, 0.1) is 0 Å². The van der Waals surface area contributed by atoms with Gasteiger partial charge in [0.15, 0.2) is 0 Å². The Hall–Kier alpha value is -2.69. The second-order valence-corrected chi connectivity index (χ2v) is 12.2. The highest BCUT2D eigenvalue weighted by Crippen LogP contribution is 2.44. The van der Waals surface area contributed by atoms with Crippen molar-refractivity contribution >= 4 is 6.09 Å². The lowest BCUT2D eigenvalue weighted by Gasteiger charge is -2.19. The third-order valence-electron chi connectivity index (χ3n) is 7.87. The molecule has 1 aliphatic carbocycles. The Labute approximate surface area is 310 Å². The Balaban J connectivity index is 0.989. The fourth-order valence-electron chi connectivity index (χ4n) is 5.20. The number of amides is 1. The molecule has 0 aliphatic heterocycles. The predicted molar refractivity (Wildman–Crippen MR) is 196 cm³/mol. The maximum atomic E-state index is 12.6. The molecule has 0 spiro atoms. The van der Waals surface area contributed by atoms with E-state index in [1.165, 1.54) is 27.2 Å². The zero-order chi connectivity index (χ0) is 36.9. The lowest BCUT2D eigenvalue weighted by Crippen LogP contribution is -2.32. The summed E-state index contributed by atoms with van der Waals surface area (Å²) in [5.74, 6) is 0.0402. The van der Waals surface area contributed by atoms with Crippen LogP contribution in [-0.4, -0.2) is 163 Å². The van der Waals surface area contributed by atoms with Crippen molar-refractivity contribution in [1.82, 2.24) is 4.90 Å². The summed E-state index contributed by atoms with van der Waals surface area (Å²) in [5.41, 5.74) is 4.80. The molecule has 0 bridgehead atoms. The van der Waals surface area contributed by atoms with Crippen molar-refractivity contribution in [3.05, 3.63) is 59.7 Å². The van der Waals surface area contributed by atoms with Crippen LogP contribution in [0.4, 0.5) is 4.79 Å². The van der Waals surface area contributed by atoms with Gasteiger partial charge >= 0.3 is 6.09 Å². The highest BCUT2D eigenvalue weighted by Gasteiger charge is 2.29. The van der Waals surface area contributed by atoms with Gasteiger partial charge in [0.05, 0.1) is 132 Å². The van der Waals surface area contributed by atoms with Crippen molar-refractivity contribution < 1.29 is 56.9 Å². The smallest absolute Gasteiger partial charge is 0.409 e. The van der Waals surface area contributed by atoms with Crippen LogP contribution in [0.5, 0.6) is 0 Å². The van der Waals surface area contributed by atoms with Gasteiger partial charge in [0.1, 0.15) is 6.61 Å². The van der Waals surface area contributed by atoms with Gasteiger partial charge in [-0.25, -0.2) is 4.79 Å². The maximum absolute atomic E-state index is 12.6. The number of nitrogens with zero attached hydrogens (tertiary/aromatic N) is 1. The molecule has 0 N–H and O–H groups in total. The van der Waals surface area contributed by atoms with Crippen LogP contribution in [0.3, 0.4) is 0 Å². The summed E-state index contributed by atoms with van der Waals surface area (Å²) in [7, 11) is 1.72. The molecule has 3 rings (SSSR count). The zero-order valence-corrected chi connectivity index (χ0v) is 31.5. The topological polar surface area (TPSA) is 122 Å². The Morgan fingerprint density at radius 1 is 0.519 bits per heavy atom. The molecule has 1 amide bonds. The molecule has 13 heteroatoms. The number of benzene rings is 2. The van der Waals surface area contributed by atoms with Crippen LogP contribution in [0.2, 0.25) is 0 Å². The summed E-state index contributed by atoms with van der Waals surface area (Å²) >= 11 is 0. The summed E-state index contributed by atoms with van der Waals surface area (Å²) in [6, 6.07) is 16.6. The van der Waals surface area contributed by atoms with E-state index in [0.717, 1.165) is 0 Å². The molecule has 0 unspecified atom stereocenters. The van der Waals surface area contributed by atoms with E-state index in [-0.39, 0.29) is 18.1 Å². The average molecular weight is 736 g/mol. The number of hydrogen-bond donors (Lipinski definition) is 0. The first kappa shape index (κ1) is 43.7. The Bertz CT molecular complexity index is 1140. The molecular weight excluding hydrogens is 674 g/mol. The van der Waals surface area contributed by atoms with Crippen LogP contribution in [0.25, 0.3) is 11.1 Å². The molecule has 1 aliphatic rings. The molecule has 0 fully saturated rings. The molecule has 0 saturated carbocycles. The van der Waals surface area contributed by atoms with Crippen LogP contribution in [-0.2, 0) is 52.1 Å². The van der Waals surface area contributed by atoms with Gasteiger partial charge in [-0.05, 0) is 36.1 Å². The fraction of sp³-hybridized carbons (Fsp3) is 0.667. The molecule has 13 nitrogen and oxygen atoms in total. The largest absolute Gasteiger partial charge is 0.448 e. The normalized spacial score (nSPS) is 12.4. The Kier molecular flexibility index (Phi) is 24.2. The van der Waals surface area contributed by atoms with Gasteiger partial charge in [0.25, 0.3) is 0 Å². The number of ether oxygens (including phenoxy) is 11. The van der Waals surface area contributed by atoms with Gasteiger partial charge in [-0.2, -0.15) is 0 Å². The highest BCUT2D eigenvalue weighted by molar-refractivity contribution is 5.79. The molecular formula is C39H61NO12. The summed E-state index contributed by atoms with van der Waals surface area (Å²) in [5, 5.41) is 0. The standard InChI is InChI=1S/C39H61NO12/c1-33(2)51-31-30-50-29-28-49-27-26-48-25-24-47-23-22-46-21-20-45-19-18-44-17-16-43-15-14-42-13-12-40(3)39(41)52-32-38-36-10-6-4-8-34(36)35-9-5-7-11-37(35)38/h4-11,33,38H,12-32H2,1-3H3. The molecule has 0 saturated heterocycles. The quantitative estimate of drug-likeness (QED) is 0.0964. The molecule has 0 aromatic heterocycles. The minimum Gasteiger partial charge on any atom is -0.448 e. The van der Waals surface area contributed by atoms with Gasteiger partial charge in [-0.3, -0.25) is 0 Å². The molecule has 2 aromatic rings. The van der Waals surface area contributed by atoms with Gasteiger partial charge < -0.3 is 57.0 Å². The lowest BCUT2D eigenvalue weighted by atomic mass is 9.98. The molecule has 0 heterocycles. The van der Waals surface area contributed by atoms with E-state index in [1.807, 2.05) is 38.1 Å². The van der Waals surface area contributed by atoms with Crippen molar-refractivity contribution in [3.63, 3.8) is 0 Å². The first-order valence-electron chi connectivity index (χ1n) is 18.4. The highest BCUT2D eigenvalue weighted by atomic mass is 16.6. The molecule has 52 heavy (non-hydrogen) atoms. The van der Waals surface area contributed by atoms with E-state index in [9.17, 15) is 4.79 Å². The van der Waals surface area contributed by atoms with Crippen LogP contribution in [0.15, 0.2) is 48.5 Å². The first-order chi connectivity index (χ1) is 25.6. The molecule has 294 valence electrons. The van der Waals surface area contributed by atoms with E-state index >= 15 is 0 Å². The van der Waals surface area contributed by atoms with Crippen molar-refractivity contribution in [1.29, 1.82) is 0 Å². The van der Waals surface area contributed by atoms with Crippen molar-refractivity contribution in [2.45, 2.75) is 25.9 Å². The number of rotatable bonds is 33. The molecule has 0 radical (unpaired) electrons. The second kappa shape index (κ2) is 28.8. The maximum Gasteiger partial charge on any atom is 0.409 e. The number of carbonyl (C=O) groups is 1. The van der Waals surface area contributed by atoms with Crippen molar-refractivity contribution in [2.75, 3.05) is 146 Å². The predicted octanol–water partition coefficient (Wildman–Crippen LogP) is 4.44. The monoisotopic (exact) mass is 735 g/mol. The van der Waals surface area contributed by atoms with E-state index in [4.69, 9.17) is 52.1 Å². The Morgan fingerprint density at radius 3 is 1.21 bits per heavy atom. The van der Waals surface area contributed by atoms with Crippen LogP contribution < -0.4 is 0 Å². The average Bonchev–Trinajstić information content (AvgIpc) is 3.47. The van der Waals surface area contributed by atoms with Crippen LogP contribution in [0.1, 0.15) is 30.9 Å². The summed E-state index contributed by atoms with van der Waals surface area (Å²) in [6.45, 7) is 14.3. The summed E-state index contributed by atoms with van der Waals surface area (Å²) < 4.78 is 60.6. The summed E-state index contributed by atoms with van der Waals surface area (Å²) in [4.78, 5) is 14.1. The van der Waals surface area contributed by atoms with Crippen molar-refractivity contribution in [3.8, 4) is 11.1 Å². The zero-order valence-electron chi connectivity index (χ0n) is 31.5. The van der Waals surface area contributed by atoms with Gasteiger partial charge in [-0.1, -0.05) is 48.5 Å². The molecule has 2 aromatic carbocycles. The summed E-state index contributed by atoms with van der Waals surface area (Å²) in [6.07, 6.45) is -0.137. The van der Waals surface area contributed by atoms with E-state index < -0.39 is 0 Å². The van der Waals surface area contributed by atoms with Gasteiger partial charge in [0.2, 0.25) is 0 Å². The SMILES string of the molecule is CC(C)OCCOCCOCCOCCOCCOCCOCCOCCOCCOCCN(C)C(=O)OCC1c2ccccc2-c2ccccc21.